The molecule has 7 heteroatoms. The molecule has 2 aromatic rings. The van der Waals surface area contributed by atoms with Crippen LogP contribution in [0.4, 0.5) is 0 Å². The lowest BCUT2D eigenvalue weighted by Crippen LogP contribution is -2.51. The van der Waals surface area contributed by atoms with Crippen molar-refractivity contribution < 1.29 is 9.59 Å². The number of nitrogens with one attached hydrogen (secondary N) is 2. The number of likely N-dealkylation sites (tertiary alicyclic amines) is 1. The molecule has 2 atom stereocenters. The van der Waals surface area contributed by atoms with Gasteiger partial charge < -0.3 is 15.2 Å². The molecule has 2 amide bonds. The Balaban J connectivity index is 1.85. The molecule has 1 fully saturated rings. The van der Waals surface area contributed by atoms with Crippen LogP contribution in [0.15, 0.2) is 22.7 Å². The maximum Gasteiger partial charge on any atom is 0.246 e. The van der Waals surface area contributed by atoms with Gasteiger partial charge in [0.15, 0.2) is 0 Å². The summed E-state index contributed by atoms with van der Waals surface area (Å²) in [6, 6.07) is 5.33. The zero-order valence-electron chi connectivity index (χ0n) is 15.4. The topological polar surface area (TPSA) is 78.1 Å². The number of aromatic amines is 1. The highest BCUT2D eigenvalue weighted by atomic mass is 79.9. The second-order valence-electron chi connectivity index (χ2n) is 7.12. The molecule has 0 unspecified atom stereocenters. The summed E-state index contributed by atoms with van der Waals surface area (Å²) in [5.74, 6) is 0.728. The predicted molar refractivity (Wildman–Crippen MR) is 105 cm³/mol. The highest BCUT2D eigenvalue weighted by molar-refractivity contribution is 9.10. The summed E-state index contributed by atoms with van der Waals surface area (Å²) < 4.78 is 0.988. The summed E-state index contributed by atoms with van der Waals surface area (Å²) in [5, 5.41) is 2.88. The number of benzene rings is 1. The van der Waals surface area contributed by atoms with Gasteiger partial charge in [0.1, 0.15) is 11.9 Å². The molecule has 0 spiro atoms. The lowest BCUT2D eigenvalue weighted by molar-refractivity contribution is -0.138. The minimum Gasteiger partial charge on any atom is -0.344 e. The molecule has 26 heavy (non-hydrogen) atoms. The minimum absolute atomic E-state index is 0.0223. The van der Waals surface area contributed by atoms with E-state index in [0.29, 0.717) is 13.0 Å². The number of imidazole rings is 1. The third-order valence-corrected chi connectivity index (χ3v) is 5.38. The normalized spacial score (nSPS) is 18.5. The van der Waals surface area contributed by atoms with Crippen molar-refractivity contribution in [3.8, 4) is 0 Å². The maximum absolute atomic E-state index is 13.2. The second kappa shape index (κ2) is 7.78. The van der Waals surface area contributed by atoms with Gasteiger partial charge in [0.25, 0.3) is 0 Å². The molecule has 0 aliphatic carbocycles. The Morgan fingerprint density at radius 1 is 1.42 bits per heavy atom. The highest BCUT2D eigenvalue weighted by Gasteiger charge is 2.37. The zero-order chi connectivity index (χ0) is 18.8. The Labute approximate surface area is 161 Å². The van der Waals surface area contributed by atoms with E-state index in [4.69, 9.17) is 4.98 Å². The summed E-state index contributed by atoms with van der Waals surface area (Å²) in [4.78, 5) is 34.9. The molecular weight excluding hydrogens is 396 g/mol. The van der Waals surface area contributed by atoms with Crippen molar-refractivity contribution >= 4 is 38.8 Å². The van der Waals surface area contributed by atoms with Crippen LogP contribution >= 0.6 is 15.9 Å². The summed E-state index contributed by atoms with van der Waals surface area (Å²) in [6.45, 7) is 6.41. The highest BCUT2D eigenvalue weighted by Crippen LogP contribution is 2.33. The molecule has 0 radical (unpaired) electrons. The van der Waals surface area contributed by atoms with Gasteiger partial charge in [-0.25, -0.2) is 4.98 Å². The maximum atomic E-state index is 13.2. The van der Waals surface area contributed by atoms with Crippen molar-refractivity contribution in [2.45, 2.75) is 52.1 Å². The quantitative estimate of drug-likeness (QED) is 0.775. The van der Waals surface area contributed by atoms with Crippen LogP contribution in [0.5, 0.6) is 0 Å². The van der Waals surface area contributed by atoms with Gasteiger partial charge in [0, 0.05) is 17.4 Å². The smallest absolute Gasteiger partial charge is 0.246 e. The molecule has 0 saturated carbocycles. The first-order valence-corrected chi connectivity index (χ1v) is 9.95. The molecule has 1 aliphatic heterocycles. The Morgan fingerprint density at radius 2 is 2.19 bits per heavy atom. The van der Waals surface area contributed by atoms with E-state index >= 15 is 0 Å². The Hall–Kier alpha value is -1.89. The number of halogens is 1. The molecular formula is C19H25BrN4O2. The van der Waals surface area contributed by atoms with Gasteiger partial charge in [0.2, 0.25) is 11.8 Å². The van der Waals surface area contributed by atoms with E-state index in [2.05, 4.69) is 26.2 Å². The molecule has 140 valence electrons. The monoisotopic (exact) mass is 420 g/mol. The van der Waals surface area contributed by atoms with Crippen LogP contribution in [0.2, 0.25) is 0 Å². The van der Waals surface area contributed by atoms with E-state index in [1.807, 2.05) is 36.9 Å². The molecule has 1 saturated heterocycles. The second-order valence-corrected chi connectivity index (χ2v) is 8.03. The van der Waals surface area contributed by atoms with Gasteiger partial charge in [-0.3, -0.25) is 9.59 Å². The van der Waals surface area contributed by atoms with E-state index in [-0.39, 0.29) is 23.8 Å². The summed E-state index contributed by atoms with van der Waals surface area (Å²) in [6.07, 6.45) is 2.18. The van der Waals surface area contributed by atoms with Crippen LogP contribution in [0.25, 0.3) is 11.0 Å². The van der Waals surface area contributed by atoms with Gasteiger partial charge in [-0.05, 0) is 37.0 Å². The number of H-pyrrole nitrogens is 1. The predicted octanol–water partition coefficient (Wildman–Crippen LogP) is 3.54. The fraction of sp³-hybridized carbons (Fsp3) is 0.526. The van der Waals surface area contributed by atoms with Gasteiger partial charge in [0.05, 0.1) is 17.1 Å². The van der Waals surface area contributed by atoms with Gasteiger partial charge in [-0.2, -0.15) is 0 Å². The summed E-state index contributed by atoms with van der Waals surface area (Å²) >= 11 is 3.47. The number of aromatic nitrogens is 2. The van der Waals surface area contributed by atoms with Gasteiger partial charge in [-0.15, -0.1) is 0 Å². The molecule has 1 aliphatic rings. The lowest BCUT2D eigenvalue weighted by Gasteiger charge is -2.30. The van der Waals surface area contributed by atoms with Crippen LogP contribution < -0.4 is 5.32 Å². The van der Waals surface area contributed by atoms with E-state index < -0.39 is 6.04 Å². The number of rotatable bonds is 5. The van der Waals surface area contributed by atoms with E-state index in [1.165, 1.54) is 0 Å². The van der Waals surface area contributed by atoms with Crippen LogP contribution in [-0.2, 0) is 9.59 Å². The first-order valence-electron chi connectivity index (χ1n) is 9.15. The minimum atomic E-state index is -0.499. The number of carbonyl (C=O) groups is 2. The van der Waals surface area contributed by atoms with Crippen LogP contribution in [-0.4, -0.2) is 39.3 Å². The summed E-state index contributed by atoms with van der Waals surface area (Å²) in [7, 11) is 0. The fourth-order valence-corrected chi connectivity index (χ4v) is 3.80. The largest absolute Gasteiger partial charge is 0.344 e. The SMILES string of the molecule is CCC(=O)N[C@H](C(=O)N1CCC[C@H]1c1nc2ccc(Br)cc2[nH]1)C(C)C. The van der Waals surface area contributed by atoms with Crippen molar-refractivity contribution in [1.29, 1.82) is 0 Å². The number of fused-ring (bicyclic) bond motifs is 1. The van der Waals surface area contributed by atoms with Gasteiger partial charge in [-0.1, -0.05) is 36.7 Å². The third-order valence-electron chi connectivity index (χ3n) is 4.88. The molecule has 1 aromatic carbocycles. The lowest BCUT2D eigenvalue weighted by atomic mass is 10.0. The molecule has 2 heterocycles. The van der Waals surface area contributed by atoms with Crippen LogP contribution in [0.1, 0.15) is 51.9 Å². The van der Waals surface area contributed by atoms with E-state index in [1.54, 1.807) is 6.92 Å². The first-order chi connectivity index (χ1) is 12.4. The van der Waals surface area contributed by atoms with E-state index in [9.17, 15) is 9.59 Å². The van der Waals surface area contributed by atoms with Crippen molar-refractivity contribution in [3.63, 3.8) is 0 Å². The molecule has 0 bridgehead atoms. The Kier molecular flexibility index (Phi) is 5.65. The molecule has 6 nitrogen and oxygen atoms in total. The average molecular weight is 421 g/mol. The molecule has 1 aromatic heterocycles. The first kappa shape index (κ1) is 18.9. The third kappa shape index (κ3) is 3.77. The zero-order valence-corrected chi connectivity index (χ0v) is 17.0. The van der Waals surface area contributed by atoms with Crippen LogP contribution in [0.3, 0.4) is 0 Å². The Morgan fingerprint density at radius 3 is 2.88 bits per heavy atom. The van der Waals surface area contributed by atoms with E-state index in [0.717, 1.165) is 34.2 Å². The molecule has 2 N–H and O–H groups in total. The standard InChI is InChI=1S/C19H25BrN4O2/c1-4-16(25)23-17(11(2)3)19(26)24-9-5-6-15(24)18-21-13-8-7-12(20)10-14(13)22-18/h7-8,10-11,15,17H,4-6,9H2,1-3H3,(H,21,22)(H,23,25)/t15-,17-/m0/s1. The van der Waals surface area contributed by atoms with Crippen molar-refractivity contribution in [2.75, 3.05) is 6.54 Å². The number of hydrogen-bond acceptors (Lipinski definition) is 3. The van der Waals surface area contributed by atoms with Crippen LogP contribution in [0, 0.1) is 5.92 Å². The van der Waals surface area contributed by atoms with Crippen molar-refractivity contribution in [2.24, 2.45) is 5.92 Å². The Bertz CT molecular complexity index is 817. The average Bonchev–Trinajstić information content (AvgIpc) is 3.24. The number of hydrogen-bond donors (Lipinski definition) is 2. The summed E-state index contributed by atoms with van der Waals surface area (Å²) in [5.41, 5.74) is 1.84. The number of nitrogens with zero attached hydrogens (tertiary/aromatic N) is 2. The molecule has 3 rings (SSSR count). The van der Waals surface area contributed by atoms with Crippen molar-refractivity contribution in [3.05, 3.63) is 28.5 Å². The van der Waals surface area contributed by atoms with Gasteiger partial charge >= 0.3 is 0 Å². The number of carbonyl (C=O) groups excluding carboxylic acids is 2. The number of amides is 2. The fourth-order valence-electron chi connectivity index (χ4n) is 3.44. The van der Waals surface area contributed by atoms with Crippen molar-refractivity contribution in [1.82, 2.24) is 20.2 Å².